The highest BCUT2D eigenvalue weighted by Crippen LogP contribution is 2.17. The second kappa shape index (κ2) is 4.39. The lowest BCUT2D eigenvalue weighted by Gasteiger charge is -2.38. The highest BCUT2D eigenvalue weighted by molar-refractivity contribution is 5.74. The largest absolute Gasteiger partial charge is 0.480 e. The summed E-state index contributed by atoms with van der Waals surface area (Å²) in [5, 5.41) is 17.2. The molecule has 6 heteroatoms. The molecule has 0 bridgehead atoms. The van der Waals surface area contributed by atoms with E-state index in [4.69, 9.17) is 15.9 Å². The molecule has 0 aromatic rings. The first kappa shape index (κ1) is 10.9. The first-order valence-corrected chi connectivity index (χ1v) is 4.47. The zero-order valence-electron chi connectivity index (χ0n) is 7.72. The van der Waals surface area contributed by atoms with Crippen LogP contribution in [0.2, 0.25) is 0 Å². The van der Waals surface area contributed by atoms with E-state index in [1.54, 1.807) is 4.90 Å². The molecule has 0 radical (unpaired) electrons. The fourth-order valence-electron chi connectivity index (χ4n) is 1.42. The van der Waals surface area contributed by atoms with Crippen LogP contribution in [0, 0.1) is 0 Å². The standard InChI is InChI=1S/C8H14N2O4/c9-5(7(11)12)1-3-10-4-2-6(10)8(13)14/h5-6H,1-4,9H2,(H,11,12)(H,13,14)/t5-,6-/m0/s1. The summed E-state index contributed by atoms with van der Waals surface area (Å²) >= 11 is 0. The average molecular weight is 202 g/mol. The minimum absolute atomic E-state index is 0.291. The number of rotatable bonds is 5. The van der Waals surface area contributed by atoms with Gasteiger partial charge in [0.2, 0.25) is 0 Å². The Kier molecular flexibility index (Phi) is 3.43. The van der Waals surface area contributed by atoms with Gasteiger partial charge in [0.15, 0.2) is 0 Å². The number of carboxylic acids is 2. The molecule has 0 saturated carbocycles. The van der Waals surface area contributed by atoms with E-state index in [9.17, 15) is 9.59 Å². The number of nitrogens with zero attached hydrogens (tertiary/aromatic N) is 1. The van der Waals surface area contributed by atoms with E-state index >= 15 is 0 Å². The monoisotopic (exact) mass is 202 g/mol. The topological polar surface area (TPSA) is 104 Å². The van der Waals surface area contributed by atoms with E-state index in [2.05, 4.69) is 0 Å². The highest BCUT2D eigenvalue weighted by atomic mass is 16.4. The van der Waals surface area contributed by atoms with Crippen LogP contribution in [0.3, 0.4) is 0 Å². The van der Waals surface area contributed by atoms with E-state index in [0.29, 0.717) is 25.9 Å². The predicted molar refractivity (Wildman–Crippen MR) is 47.8 cm³/mol. The molecule has 1 fully saturated rings. The molecule has 0 aromatic heterocycles. The van der Waals surface area contributed by atoms with Crippen LogP contribution in [0.4, 0.5) is 0 Å². The zero-order valence-corrected chi connectivity index (χ0v) is 7.72. The van der Waals surface area contributed by atoms with Gasteiger partial charge in [-0.1, -0.05) is 0 Å². The van der Waals surface area contributed by atoms with Crippen LogP contribution in [0.1, 0.15) is 12.8 Å². The molecule has 4 N–H and O–H groups in total. The lowest BCUT2D eigenvalue weighted by Crippen LogP contribution is -2.53. The Morgan fingerprint density at radius 3 is 2.50 bits per heavy atom. The van der Waals surface area contributed by atoms with Crippen LogP contribution in [-0.2, 0) is 9.59 Å². The molecule has 80 valence electrons. The van der Waals surface area contributed by atoms with E-state index < -0.39 is 24.0 Å². The van der Waals surface area contributed by atoms with Crippen LogP contribution in [0.5, 0.6) is 0 Å². The normalized spacial score (nSPS) is 23.9. The van der Waals surface area contributed by atoms with Crippen LogP contribution in [-0.4, -0.2) is 52.2 Å². The minimum atomic E-state index is -1.04. The summed E-state index contributed by atoms with van der Waals surface area (Å²) in [5.74, 6) is -1.89. The third kappa shape index (κ3) is 2.43. The van der Waals surface area contributed by atoms with Crippen LogP contribution < -0.4 is 5.73 Å². The maximum absolute atomic E-state index is 10.6. The molecule has 1 heterocycles. The summed E-state index contributed by atoms with van der Waals surface area (Å²) in [4.78, 5) is 22.7. The van der Waals surface area contributed by atoms with E-state index in [1.807, 2.05) is 0 Å². The van der Waals surface area contributed by atoms with Crippen molar-refractivity contribution in [2.24, 2.45) is 5.73 Å². The minimum Gasteiger partial charge on any atom is -0.480 e. The Balaban J connectivity index is 2.26. The smallest absolute Gasteiger partial charge is 0.320 e. The Bertz CT molecular complexity index is 243. The van der Waals surface area contributed by atoms with Crippen molar-refractivity contribution in [1.82, 2.24) is 4.90 Å². The van der Waals surface area contributed by atoms with E-state index in [1.165, 1.54) is 0 Å². The molecule has 1 saturated heterocycles. The molecule has 6 nitrogen and oxygen atoms in total. The molecule has 0 spiro atoms. The van der Waals surface area contributed by atoms with Crippen molar-refractivity contribution in [2.75, 3.05) is 13.1 Å². The average Bonchev–Trinajstić information content (AvgIpc) is 2.00. The summed E-state index contributed by atoms with van der Waals surface area (Å²) in [6.07, 6.45) is 0.927. The summed E-state index contributed by atoms with van der Waals surface area (Å²) in [5.41, 5.74) is 5.29. The molecule has 0 aliphatic carbocycles. The van der Waals surface area contributed by atoms with Gasteiger partial charge in [-0.05, 0) is 12.8 Å². The van der Waals surface area contributed by atoms with Crippen LogP contribution >= 0.6 is 0 Å². The second-order valence-corrected chi connectivity index (χ2v) is 3.41. The van der Waals surface area contributed by atoms with Gasteiger partial charge < -0.3 is 15.9 Å². The van der Waals surface area contributed by atoms with Gasteiger partial charge in [0.05, 0.1) is 0 Å². The van der Waals surface area contributed by atoms with Gasteiger partial charge in [-0.3, -0.25) is 14.5 Å². The summed E-state index contributed by atoms with van der Waals surface area (Å²) in [6, 6.07) is -1.35. The molecule has 0 unspecified atom stereocenters. The number of aliphatic carboxylic acids is 2. The third-order valence-corrected chi connectivity index (χ3v) is 2.46. The molecule has 14 heavy (non-hydrogen) atoms. The Morgan fingerprint density at radius 2 is 2.14 bits per heavy atom. The second-order valence-electron chi connectivity index (χ2n) is 3.41. The fourth-order valence-corrected chi connectivity index (χ4v) is 1.42. The van der Waals surface area contributed by atoms with E-state index in [-0.39, 0.29) is 0 Å². The van der Waals surface area contributed by atoms with Crippen LogP contribution in [0.25, 0.3) is 0 Å². The number of likely N-dealkylation sites (tertiary alicyclic amines) is 1. The maximum Gasteiger partial charge on any atom is 0.320 e. The lowest BCUT2D eigenvalue weighted by atomic mass is 10.0. The molecule has 0 aromatic carbocycles. The quantitative estimate of drug-likeness (QED) is 0.525. The molecular weight excluding hydrogens is 188 g/mol. The number of carbonyl (C=O) groups is 2. The first-order chi connectivity index (χ1) is 6.52. The SMILES string of the molecule is N[C@@H](CCN1CC[C@H]1C(=O)O)C(=O)O. The van der Waals surface area contributed by atoms with Crippen LogP contribution in [0.15, 0.2) is 0 Å². The summed E-state index contributed by atoms with van der Waals surface area (Å²) in [6.45, 7) is 1.15. The molecular formula is C8H14N2O4. The lowest BCUT2D eigenvalue weighted by molar-refractivity contribution is -0.148. The molecule has 1 rings (SSSR count). The maximum atomic E-state index is 10.6. The molecule has 0 amide bonds. The molecule has 2 atom stereocenters. The van der Waals surface area contributed by atoms with Gasteiger partial charge >= 0.3 is 11.9 Å². The van der Waals surface area contributed by atoms with Gasteiger partial charge in [-0.2, -0.15) is 0 Å². The number of hydrogen-bond donors (Lipinski definition) is 3. The van der Waals surface area contributed by atoms with Gasteiger partial charge in [-0.15, -0.1) is 0 Å². The van der Waals surface area contributed by atoms with Crippen molar-refractivity contribution in [3.05, 3.63) is 0 Å². The highest BCUT2D eigenvalue weighted by Gasteiger charge is 2.33. The Morgan fingerprint density at radius 1 is 1.50 bits per heavy atom. The predicted octanol–water partition coefficient (Wildman–Crippen LogP) is -1.05. The van der Waals surface area contributed by atoms with Gasteiger partial charge in [-0.25, -0.2) is 0 Å². The summed E-state index contributed by atoms with van der Waals surface area (Å²) < 4.78 is 0. The fraction of sp³-hybridized carbons (Fsp3) is 0.750. The van der Waals surface area contributed by atoms with Gasteiger partial charge in [0.25, 0.3) is 0 Å². The van der Waals surface area contributed by atoms with Gasteiger partial charge in [0.1, 0.15) is 12.1 Å². The van der Waals surface area contributed by atoms with Crippen molar-refractivity contribution in [2.45, 2.75) is 24.9 Å². The Hall–Kier alpha value is -1.14. The van der Waals surface area contributed by atoms with Crippen molar-refractivity contribution in [3.8, 4) is 0 Å². The Labute approximate surface area is 81.3 Å². The van der Waals surface area contributed by atoms with Crippen molar-refractivity contribution in [3.63, 3.8) is 0 Å². The number of nitrogens with two attached hydrogens (primary N) is 1. The number of carboxylic acid groups (broad SMARTS) is 2. The van der Waals surface area contributed by atoms with Gasteiger partial charge in [0, 0.05) is 13.1 Å². The van der Waals surface area contributed by atoms with Crippen molar-refractivity contribution >= 4 is 11.9 Å². The van der Waals surface area contributed by atoms with Crippen molar-refractivity contribution in [1.29, 1.82) is 0 Å². The number of hydrogen-bond acceptors (Lipinski definition) is 4. The third-order valence-electron chi connectivity index (χ3n) is 2.46. The first-order valence-electron chi connectivity index (χ1n) is 4.47. The summed E-state index contributed by atoms with van der Waals surface area (Å²) in [7, 11) is 0. The molecule has 1 aliphatic heterocycles. The van der Waals surface area contributed by atoms with Crippen molar-refractivity contribution < 1.29 is 19.8 Å². The molecule has 1 aliphatic rings. The zero-order chi connectivity index (χ0) is 10.7. The van der Waals surface area contributed by atoms with E-state index in [0.717, 1.165) is 0 Å².